The third-order valence-corrected chi connectivity index (χ3v) is 6.88. The Hall–Kier alpha value is -4.03. The normalized spacial score (nSPS) is 11.4. The van der Waals surface area contributed by atoms with E-state index in [-0.39, 0.29) is 21.7 Å². The fourth-order valence-corrected chi connectivity index (χ4v) is 4.49. The van der Waals surface area contributed by atoms with Crippen molar-refractivity contribution < 1.29 is 23.2 Å². The van der Waals surface area contributed by atoms with Crippen LogP contribution in [0.2, 0.25) is 0 Å². The summed E-state index contributed by atoms with van der Waals surface area (Å²) in [7, 11) is -1.08. The van der Waals surface area contributed by atoms with E-state index in [1.807, 2.05) is 0 Å². The molecule has 4 aromatic rings. The van der Waals surface area contributed by atoms with Gasteiger partial charge in [0.15, 0.2) is 5.65 Å². The number of carbonyl (C=O) groups is 1. The van der Waals surface area contributed by atoms with Gasteiger partial charge in [-0.2, -0.15) is 0 Å². The SMILES string of the molecule is Cc1nc2c(N(C)S(=O)(=O)c3ccc(Oc4ccncc4)cc3)c(C(=O)NO)cnc2n1C. The highest BCUT2D eigenvalue weighted by Crippen LogP contribution is 2.33. The molecule has 12 heteroatoms. The average Bonchev–Trinajstić information content (AvgIpc) is 3.12. The first-order valence-electron chi connectivity index (χ1n) is 9.67. The molecular weight excluding hydrogens is 448 g/mol. The van der Waals surface area contributed by atoms with Crippen molar-refractivity contribution in [1.82, 2.24) is 25.0 Å². The number of sulfonamides is 1. The number of aryl methyl sites for hydroxylation is 2. The summed E-state index contributed by atoms with van der Waals surface area (Å²) in [6.45, 7) is 1.73. The van der Waals surface area contributed by atoms with Crippen LogP contribution in [0.4, 0.5) is 5.69 Å². The Morgan fingerprint density at radius 3 is 2.39 bits per heavy atom. The molecule has 3 aromatic heterocycles. The van der Waals surface area contributed by atoms with E-state index in [2.05, 4.69) is 15.0 Å². The van der Waals surface area contributed by atoms with Crippen molar-refractivity contribution in [2.75, 3.05) is 11.4 Å². The quantitative estimate of drug-likeness (QED) is 0.325. The summed E-state index contributed by atoms with van der Waals surface area (Å²) < 4.78 is 35.2. The minimum absolute atomic E-state index is 0.00707. The number of nitrogens with one attached hydrogen (secondary N) is 1. The van der Waals surface area contributed by atoms with Crippen molar-refractivity contribution in [1.29, 1.82) is 0 Å². The van der Waals surface area contributed by atoms with Gasteiger partial charge in [-0.05, 0) is 43.3 Å². The molecule has 0 bridgehead atoms. The second-order valence-corrected chi connectivity index (χ2v) is 9.05. The van der Waals surface area contributed by atoms with Gasteiger partial charge in [0.05, 0.1) is 16.1 Å². The van der Waals surface area contributed by atoms with E-state index in [4.69, 9.17) is 9.94 Å². The molecule has 1 aromatic carbocycles. The largest absolute Gasteiger partial charge is 0.457 e. The number of anilines is 1. The topological polar surface area (TPSA) is 140 Å². The summed E-state index contributed by atoms with van der Waals surface area (Å²) in [5.74, 6) is 0.659. The minimum atomic E-state index is -4.11. The predicted octanol–water partition coefficient (Wildman–Crippen LogP) is 2.41. The van der Waals surface area contributed by atoms with E-state index in [0.717, 1.165) is 4.31 Å². The first-order valence-corrected chi connectivity index (χ1v) is 11.1. The Kier molecular flexibility index (Phi) is 5.70. The summed E-state index contributed by atoms with van der Waals surface area (Å²) in [6, 6.07) is 9.20. The fourth-order valence-electron chi connectivity index (χ4n) is 3.27. The van der Waals surface area contributed by atoms with Crippen molar-refractivity contribution in [3.8, 4) is 11.5 Å². The fraction of sp³-hybridized carbons (Fsp3) is 0.143. The molecule has 170 valence electrons. The number of pyridine rings is 2. The first-order chi connectivity index (χ1) is 15.7. The second-order valence-electron chi connectivity index (χ2n) is 7.08. The van der Waals surface area contributed by atoms with Crippen molar-refractivity contribution in [3.05, 3.63) is 66.4 Å². The van der Waals surface area contributed by atoms with Crippen molar-refractivity contribution in [2.24, 2.45) is 7.05 Å². The van der Waals surface area contributed by atoms with Gasteiger partial charge in [0.1, 0.15) is 22.8 Å². The molecule has 11 nitrogen and oxygen atoms in total. The highest BCUT2D eigenvalue weighted by atomic mass is 32.2. The van der Waals surface area contributed by atoms with E-state index in [9.17, 15) is 13.2 Å². The Balaban J connectivity index is 1.76. The summed E-state index contributed by atoms with van der Waals surface area (Å²) in [4.78, 5) is 24.8. The molecule has 0 fully saturated rings. The number of imidazole rings is 1. The van der Waals surface area contributed by atoms with Gasteiger partial charge in [-0.15, -0.1) is 0 Å². The molecule has 0 saturated heterocycles. The Bertz CT molecular complexity index is 1440. The summed E-state index contributed by atoms with van der Waals surface area (Å²) >= 11 is 0. The molecule has 2 N–H and O–H groups in total. The molecule has 0 saturated carbocycles. The molecule has 3 heterocycles. The molecule has 0 unspecified atom stereocenters. The third kappa shape index (κ3) is 3.97. The van der Waals surface area contributed by atoms with Crippen LogP contribution in [0.15, 0.2) is 59.9 Å². The molecule has 33 heavy (non-hydrogen) atoms. The number of benzene rings is 1. The van der Waals surface area contributed by atoms with Crippen LogP contribution in [0.3, 0.4) is 0 Å². The lowest BCUT2D eigenvalue weighted by molar-refractivity contribution is 0.0707. The van der Waals surface area contributed by atoms with Crippen LogP contribution in [-0.4, -0.2) is 46.1 Å². The van der Waals surface area contributed by atoms with Crippen LogP contribution < -0.4 is 14.5 Å². The van der Waals surface area contributed by atoms with Crippen LogP contribution in [0, 0.1) is 6.92 Å². The van der Waals surface area contributed by atoms with E-state index in [0.29, 0.717) is 23.0 Å². The number of nitrogens with zero attached hydrogens (tertiary/aromatic N) is 5. The lowest BCUT2D eigenvalue weighted by Crippen LogP contribution is -2.30. The van der Waals surface area contributed by atoms with E-state index < -0.39 is 15.9 Å². The number of hydrogen-bond donors (Lipinski definition) is 2. The van der Waals surface area contributed by atoms with Gasteiger partial charge in [-0.3, -0.25) is 19.3 Å². The highest BCUT2D eigenvalue weighted by Gasteiger charge is 2.29. The van der Waals surface area contributed by atoms with Gasteiger partial charge in [0, 0.05) is 32.7 Å². The zero-order valence-corrected chi connectivity index (χ0v) is 18.7. The van der Waals surface area contributed by atoms with Gasteiger partial charge in [0.25, 0.3) is 15.9 Å². The Morgan fingerprint density at radius 1 is 1.12 bits per heavy atom. The molecule has 0 aliphatic heterocycles. The molecule has 0 aliphatic rings. The van der Waals surface area contributed by atoms with Crippen LogP contribution in [-0.2, 0) is 17.1 Å². The summed E-state index contributed by atoms with van der Waals surface area (Å²) in [6.07, 6.45) is 4.36. The van der Waals surface area contributed by atoms with Crippen LogP contribution in [0.1, 0.15) is 16.2 Å². The maximum Gasteiger partial charge on any atom is 0.278 e. The molecule has 1 amide bonds. The minimum Gasteiger partial charge on any atom is -0.457 e. The standard InChI is InChI=1S/C21H20N6O5S/c1-13-24-18-19(17(21(28)25-29)12-23-20(18)26(13)2)27(3)33(30,31)16-6-4-14(5-7-16)32-15-8-10-22-11-9-15/h4-12,29H,1-3H3,(H,25,28). The van der Waals surface area contributed by atoms with Crippen molar-refractivity contribution in [3.63, 3.8) is 0 Å². The maximum absolute atomic E-state index is 13.4. The Morgan fingerprint density at radius 2 is 1.76 bits per heavy atom. The number of carbonyl (C=O) groups excluding carboxylic acids is 1. The third-order valence-electron chi connectivity index (χ3n) is 5.11. The summed E-state index contributed by atoms with van der Waals surface area (Å²) in [5, 5.41) is 9.16. The smallest absolute Gasteiger partial charge is 0.278 e. The zero-order chi connectivity index (χ0) is 23.8. The van der Waals surface area contributed by atoms with E-state index in [1.54, 1.807) is 43.1 Å². The second kappa shape index (κ2) is 8.48. The van der Waals surface area contributed by atoms with Crippen molar-refractivity contribution in [2.45, 2.75) is 11.8 Å². The number of aromatic nitrogens is 4. The van der Waals surface area contributed by atoms with Gasteiger partial charge < -0.3 is 9.30 Å². The number of rotatable bonds is 6. The zero-order valence-electron chi connectivity index (χ0n) is 17.9. The summed E-state index contributed by atoms with van der Waals surface area (Å²) in [5.41, 5.74) is 1.97. The lowest BCUT2D eigenvalue weighted by Gasteiger charge is -2.22. The number of amides is 1. The molecule has 0 atom stereocenters. The van der Waals surface area contributed by atoms with Crippen LogP contribution >= 0.6 is 0 Å². The van der Waals surface area contributed by atoms with Crippen LogP contribution in [0.5, 0.6) is 11.5 Å². The van der Waals surface area contributed by atoms with Crippen molar-refractivity contribution >= 4 is 32.8 Å². The monoisotopic (exact) mass is 468 g/mol. The number of hydrogen-bond acceptors (Lipinski definition) is 8. The van der Waals surface area contributed by atoms with Gasteiger partial charge in [-0.25, -0.2) is 23.9 Å². The molecule has 0 radical (unpaired) electrons. The highest BCUT2D eigenvalue weighted by molar-refractivity contribution is 7.92. The number of fused-ring (bicyclic) bond motifs is 1. The Labute approximate surface area is 189 Å². The van der Waals surface area contributed by atoms with Gasteiger partial charge in [-0.1, -0.05) is 0 Å². The predicted molar refractivity (Wildman–Crippen MR) is 119 cm³/mol. The molecule has 4 rings (SSSR count). The number of hydroxylamine groups is 1. The van der Waals surface area contributed by atoms with E-state index in [1.165, 1.54) is 43.0 Å². The average molecular weight is 468 g/mol. The molecule has 0 spiro atoms. The lowest BCUT2D eigenvalue weighted by atomic mass is 10.2. The maximum atomic E-state index is 13.4. The van der Waals surface area contributed by atoms with E-state index >= 15 is 0 Å². The van der Waals surface area contributed by atoms with Gasteiger partial charge >= 0.3 is 0 Å². The molecule has 0 aliphatic carbocycles. The molecular formula is C21H20N6O5S. The first kappa shape index (κ1) is 22.2. The van der Waals surface area contributed by atoms with Crippen LogP contribution in [0.25, 0.3) is 11.2 Å². The number of ether oxygens (including phenoxy) is 1. The van der Waals surface area contributed by atoms with Gasteiger partial charge in [0.2, 0.25) is 0 Å².